The van der Waals surface area contributed by atoms with Gasteiger partial charge in [0.15, 0.2) is 0 Å². The van der Waals surface area contributed by atoms with Crippen molar-refractivity contribution in [1.29, 1.82) is 0 Å². The molecule has 0 aliphatic heterocycles. The number of carbonyl (C=O) groups excluding carboxylic acids is 1. The lowest BCUT2D eigenvalue weighted by Gasteiger charge is -2.11. The fraction of sp³-hybridized carbons (Fsp3) is 0.188. The van der Waals surface area contributed by atoms with Gasteiger partial charge in [-0.1, -0.05) is 18.2 Å². The van der Waals surface area contributed by atoms with Crippen LogP contribution in [0.2, 0.25) is 0 Å². The molecule has 0 saturated heterocycles. The number of amides is 1. The van der Waals surface area contributed by atoms with Crippen LogP contribution in [0.1, 0.15) is 22.8 Å². The van der Waals surface area contributed by atoms with Gasteiger partial charge in [0.1, 0.15) is 5.82 Å². The van der Waals surface area contributed by atoms with Gasteiger partial charge in [-0.15, -0.1) is 0 Å². The van der Waals surface area contributed by atoms with Crippen LogP contribution in [0.3, 0.4) is 0 Å². The van der Waals surface area contributed by atoms with E-state index in [1.165, 1.54) is 24.3 Å². The van der Waals surface area contributed by atoms with E-state index in [1.54, 1.807) is 0 Å². The van der Waals surface area contributed by atoms with Gasteiger partial charge < -0.3 is 10.1 Å². The first-order chi connectivity index (χ1) is 9.70. The average Bonchev–Trinajstić information content (AvgIpc) is 2.47. The van der Waals surface area contributed by atoms with Gasteiger partial charge in [0.2, 0.25) is 0 Å². The van der Waals surface area contributed by atoms with Crippen LogP contribution in [-0.4, -0.2) is 12.5 Å². The normalized spacial score (nSPS) is 10.3. The smallest absolute Gasteiger partial charge is 0.255 e. The van der Waals surface area contributed by atoms with Crippen LogP contribution < -0.4 is 5.32 Å². The largest absolute Gasteiger partial charge is 0.377 e. The molecule has 104 valence electrons. The van der Waals surface area contributed by atoms with Crippen LogP contribution in [0.5, 0.6) is 0 Å². The Morgan fingerprint density at radius 2 is 1.85 bits per heavy atom. The molecule has 0 atom stereocenters. The van der Waals surface area contributed by atoms with Crippen molar-refractivity contribution in [3.63, 3.8) is 0 Å². The zero-order valence-electron chi connectivity index (χ0n) is 11.2. The highest BCUT2D eigenvalue weighted by Crippen LogP contribution is 2.17. The Morgan fingerprint density at radius 3 is 2.55 bits per heavy atom. The second-order valence-corrected chi connectivity index (χ2v) is 4.26. The minimum atomic E-state index is -0.363. The lowest BCUT2D eigenvalue weighted by Crippen LogP contribution is -2.13. The van der Waals surface area contributed by atoms with Crippen molar-refractivity contribution in [2.45, 2.75) is 13.5 Å². The molecular weight excluding hydrogens is 257 g/mol. The summed E-state index contributed by atoms with van der Waals surface area (Å²) in [5.41, 5.74) is 2.03. The summed E-state index contributed by atoms with van der Waals surface area (Å²) in [4.78, 5) is 12.1. The highest BCUT2D eigenvalue weighted by Gasteiger charge is 2.09. The molecule has 0 aliphatic rings. The molecule has 1 amide bonds. The Morgan fingerprint density at radius 1 is 1.15 bits per heavy atom. The maximum atomic E-state index is 12.8. The average molecular weight is 273 g/mol. The summed E-state index contributed by atoms with van der Waals surface area (Å²) in [5.74, 6) is -0.632. The summed E-state index contributed by atoms with van der Waals surface area (Å²) in [7, 11) is 0. The molecule has 0 saturated carbocycles. The summed E-state index contributed by atoms with van der Waals surface area (Å²) in [6, 6.07) is 12.9. The van der Waals surface area contributed by atoms with Crippen LogP contribution in [0.25, 0.3) is 0 Å². The standard InChI is InChI=1S/C16H16FNO2/c1-2-20-11-13-5-3-4-6-15(13)18-16(19)12-7-9-14(17)10-8-12/h3-10H,2,11H2,1H3,(H,18,19). The molecule has 0 unspecified atom stereocenters. The molecule has 0 spiro atoms. The van der Waals surface area contributed by atoms with E-state index in [1.807, 2.05) is 31.2 Å². The third kappa shape index (κ3) is 3.65. The molecule has 1 N–H and O–H groups in total. The second kappa shape index (κ2) is 6.82. The van der Waals surface area contributed by atoms with E-state index < -0.39 is 0 Å². The minimum Gasteiger partial charge on any atom is -0.377 e. The van der Waals surface area contributed by atoms with E-state index in [0.29, 0.717) is 24.5 Å². The number of nitrogens with one attached hydrogen (secondary N) is 1. The maximum Gasteiger partial charge on any atom is 0.255 e. The van der Waals surface area contributed by atoms with Crippen LogP contribution in [0.4, 0.5) is 10.1 Å². The number of hydrogen-bond acceptors (Lipinski definition) is 2. The minimum absolute atomic E-state index is 0.269. The van der Waals surface area contributed by atoms with E-state index >= 15 is 0 Å². The summed E-state index contributed by atoms with van der Waals surface area (Å²) >= 11 is 0. The molecule has 0 aliphatic carbocycles. The molecule has 0 radical (unpaired) electrons. The van der Waals surface area contributed by atoms with Crippen molar-refractivity contribution < 1.29 is 13.9 Å². The molecule has 0 heterocycles. The van der Waals surface area contributed by atoms with Gasteiger partial charge in [-0.05, 0) is 37.3 Å². The zero-order valence-corrected chi connectivity index (χ0v) is 11.2. The lowest BCUT2D eigenvalue weighted by atomic mass is 10.1. The van der Waals surface area contributed by atoms with Crippen molar-refractivity contribution in [1.82, 2.24) is 0 Å². The number of rotatable bonds is 5. The van der Waals surface area contributed by atoms with E-state index in [4.69, 9.17) is 4.74 Å². The molecule has 0 fully saturated rings. The fourth-order valence-corrected chi connectivity index (χ4v) is 1.78. The number of benzene rings is 2. The Bertz CT molecular complexity index is 581. The van der Waals surface area contributed by atoms with Crippen LogP contribution in [-0.2, 0) is 11.3 Å². The lowest BCUT2D eigenvalue weighted by molar-refractivity contribution is 0.102. The predicted molar refractivity (Wildman–Crippen MR) is 76.1 cm³/mol. The molecule has 0 aromatic heterocycles. The third-order valence-corrected chi connectivity index (χ3v) is 2.83. The van der Waals surface area contributed by atoms with E-state index in [2.05, 4.69) is 5.32 Å². The van der Waals surface area contributed by atoms with Crippen molar-refractivity contribution in [3.05, 3.63) is 65.5 Å². The third-order valence-electron chi connectivity index (χ3n) is 2.83. The molecular formula is C16H16FNO2. The Balaban J connectivity index is 2.13. The first-order valence-corrected chi connectivity index (χ1v) is 6.43. The van der Waals surface area contributed by atoms with Gasteiger partial charge in [-0.2, -0.15) is 0 Å². The number of ether oxygens (including phenoxy) is 1. The first kappa shape index (κ1) is 14.2. The molecule has 20 heavy (non-hydrogen) atoms. The maximum absolute atomic E-state index is 12.8. The van der Waals surface area contributed by atoms with E-state index in [9.17, 15) is 9.18 Å². The quantitative estimate of drug-likeness (QED) is 0.903. The van der Waals surface area contributed by atoms with Gasteiger partial charge in [0, 0.05) is 23.4 Å². The Labute approximate surface area is 117 Å². The highest BCUT2D eigenvalue weighted by atomic mass is 19.1. The van der Waals surface area contributed by atoms with Gasteiger partial charge >= 0.3 is 0 Å². The van der Waals surface area contributed by atoms with Crippen molar-refractivity contribution in [2.75, 3.05) is 11.9 Å². The number of carbonyl (C=O) groups is 1. The van der Waals surface area contributed by atoms with E-state index in [-0.39, 0.29) is 11.7 Å². The summed E-state index contributed by atoms with van der Waals surface area (Å²) in [5, 5.41) is 2.81. The van der Waals surface area contributed by atoms with E-state index in [0.717, 1.165) is 5.56 Å². The first-order valence-electron chi connectivity index (χ1n) is 6.43. The second-order valence-electron chi connectivity index (χ2n) is 4.26. The predicted octanol–water partition coefficient (Wildman–Crippen LogP) is 3.61. The number of hydrogen-bond donors (Lipinski definition) is 1. The molecule has 2 aromatic rings. The molecule has 2 rings (SSSR count). The monoisotopic (exact) mass is 273 g/mol. The SMILES string of the molecule is CCOCc1ccccc1NC(=O)c1ccc(F)cc1. The molecule has 3 nitrogen and oxygen atoms in total. The zero-order chi connectivity index (χ0) is 14.4. The number of halogens is 1. The Hall–Kier alpha value is -2.20. The van der Waals surface area contributed by atoms with Crippen molar-refractivity contribution in [3.8, 4) is 0 Å². The molecule has 2 aromatic carbocycles. The van der Waals surface area contributed by atoms with Gasteiger partial charge in [0.05, 0.1) is 6.61 Å². The summed E-state index contributed by atoms with van der Waals surface area (Å²) in [6.07, 6.45) is 0. The van der Waals surface area contributed by atoms with Crippen LogP contribution >= 0.6 is 0 Å². The van der Waals surface area contributed by atoms with Crippen LogP contribution in [0.15, 0.2) is 48.5 Å². The Kier molecular flexibility index (Phi) is 4.85. The van der Waals surface area contributed by atoms with Crippen molar-refractivity contribution in [2.24, 2.45) is 0 Å². The molecule has 0 bridgehead atoms. The fourth-order valence-electron chi connectivity index (χ4n) is 1.78. The highest BCUT2D eigenvalue weighted by molar-refractivity contribution is 6.04. The van der Waals surface area contributed by atoms with Gasteiger partial charge in [0.25, 0.3) is 5.91 Å². The van der Waals surface area contributed by atoms with Crippen molar-refractivity contribution >= 4 is 11.6 Å². The van der Waals surface area contributed by atoms with Gasteiger partial charge in [-0.25, -0.2) is 4.39 Å². The van der Waals surface area contributed by atoms with Crippen LogP contribution in [0, 0.1) is 5.82 Å². The summed E-state index contributed by atoms with van der Waals surface area (Å²) < 4.78 is 18.2. The van der Waals surface area contributed by atoms with Gasteiger partial charge in [-0.3, -0.25) is 4.79 Å². The number of para-hydroxylation sites is 1. The summed E-state index contributed by atoms with van der Waals surface area (Å²) in [6.45, 7) is 2.97. The topological polar surface area (TPSA) is 38.3 Å². The molecule has 4 heteroatoms. The number of anilines is 1.